The third-order valence-electron chi connectivity index (χ3n) is 17.6. The monoisotopic (exact) mass is 1010 g/mol. The van der Waals surface area contributed by atoms with Crippen LogP contribution in [0.25, 0.3) is 99.5 Å². The minimum atomic E-state index is 0.0129. The SMILES string of the molecule is Cc1cc2c(cc1-c1nccc3ccccc13)C(C)(C)c1ccccc1-2.Cc1cc2c(cc1-c1nccc3ccccc13)C(C)(C)c1ccccc1-2.Cc1cc2c(cc1-c1nccc3ccccc13)C(C)(C)c1ccccc1-2. The molecule has 3 aliphatic carbocycles. The van der Waals surface area contributed by atoms with Crippen molar-refractivity contribution >= 4 is 32.3 Å². The summed E-state index contributed by atoms with van der Waals surface area (Å²) in [6.45, 7) is 20.6. The summed E-state index contributed by atoms with van der Waals surface area (Å²) in [7, 11) is 0. The fourth-order valence-corrected chi connectivity index (χ4v) is 13.3. The molecule has 3 aromatic heterocycles. The average molecular weight is 1010 g/mol. The van der Waals surface area contributed by atoms with Crippen molar-refractivity contribution in [3.8, 4) is 67.2 Å². The van der Waals surface area contributed by atoms with Gasteiger partial charge < -0.3 is 0 Å². The Morgan fingerprint density at radius 2 is 0.500 bits per heavy atom. The van der Waals surface area contributed by atoms with Crippen LogP contribution in [0.5, 0.6) is 0 Å². The fourth-order valence-electron chi connectivity index (χ4n) is 13.3. The van der Waals surface area contributed by atoms with Gasteiger partial charge in [-0.05, 0) is 157 Å². The number of rotatable bonds is 3. The molecule has 9 aromatic carbocycles. The summed E-state index contributed by atoms with van der Waals surface area (Å²) < 4.78 is 0. The minimum absolute atomic E-state index is 0.0129. The Morgan fingerprint density at radius 1 is 0.244 bits per heavy atom. The number of hydrogen-bond acceptors (Lipinski definition) is 3. The van der Waals surface area contributed by atoms with Gasteiger partial charge in [-0.3, -0.25) is 15.0 Å². The van der Waals surface area contributed by atoms with Crippen molar-refractivity contribution in [3.05, 3.63) is 269 Å². The van der Waals surface area contributed by atoms with Crippen molar-refractivity contribution in [2.75, 3.05) is 0 Å². The van der Waals surface area contributed by atoms with Gasteiger partial charge in [-0.1, -0.05) is 205 Å². The van der Waals surface area contributed by atoms with Gasteiger partial charge in [-0.2, -0.15) is 0 Å². The van der Waals surface area contributed by atoms with Gasteiger partial charge in [0.15, 0.2) is 0 Å². The fraction of sp³-hybridized carbons (Fsp3) is 0.160. The molecule has 3 aliphatic rings. The molecule has 78 heavy (non-hydrogen) atoms. The van der Waals surface area contributed by atoms with Gasteiger partial charge in [0.1, 0.15) is 0 Å². The third-order valence-corrected chi connectivity index (χ3v) is 17.6. The predicted octanol–water partition coefficient (Wildman–Crippen LogP) is 19.5. The van der Waals surface area contributed by atoms with E-state index in [2.05, 4.69) is 263 Å². The van der Waals surface area contributed by atoms with Crippen LogP contribution < -0.4 is 0 Å². The number of aromatic nitrogens is 3. The molecule has 378 valence electrons. The van der Waals surface area contributed by atoms with Gasteiger partial charge in [0.25, 0.3) is 0 Å². The Bertz CT molecular complexity index is 3940. The van der Waals surface area contributed by atoms with Crippen molar-refractivity contribution in [3.63, 3.8) is 0 Å². The molecule has 3 heterocycles. The molecule has 3 heteroatoms. The molecular formula is C75H63N3. The van der Waals surface area contributed by atoms with Crippen LogP contribution in [0.2, 0.25) is 0 Å². The van der Waals surface area contributed by atoms with E-state index in [1.165, 1.54) is 132 Å². The molecule has 0 amide bonds. The highest BCUT2D eigenvalue weighted by molar-refractivity contribution is 5.99. The molecule has 0 fully saturated rings. The second-order valence-corrected chi connectivity index (χ2v) is 23.3. The first-order valence-electron chi connectivity index (χ1n) is 27.5. The summed E-state index contributed by atoms with van der Waals surface area (Å²) in [4.78, 5) is 14.3. The van der Waals surface area contributed by atoms with Crippen LogP contribution in [-0.4, -0.2) is 15.0 Å². The molecule has 12 aromatic rings. The van der Waals surface area contributed by atoms with Crippen LogP contribution in [0.15, 0.2) is 219 Å². The summed E-state index contributed by atoms with van der Waals surface area (Å²) in [6, 6.07) is 72.3. The first-order chi connectivity index (χ1) is 37.7. The van der Waals surface area contributed by atoms with Gasteiger partial charge >= 0.3 is 0 Å². The molecule has 15 rings (SSSR count). The smallest absolute Gasteiger partial charge is 0.0783 e. The maximum absolute atomic E-state index is 4.76. The average Bonchev–Trinajstić information content (AvgIpc) is 4.06. The number of nitrogens with zero attached hydrogens (tertiary/aromatic N) is 3. The number of hydrogen-bond donors (Lipinski definition) is 0. The molecule has 0 unspecified atom stereocenters. The van der Waals surface area contributed by atoms with E-state index in [1.807, 2.05) is 18.6 Å². The Hall–Kier alpha value is -8.79. The minimum Gasteiger partial charge on any atom is -0.256 e. The summed E-state index contributed by atoms with van der Waals surface area (Å²) in [6.07, 6.45) is 5.76. The van der Waals surface area contributed by atoms with Crippen LogP contribution in [0, 0.1) is 20.8 Å². The van der Waals surface area contributed by atoms with Crippen LogP contribution in [0.1, 0.15) is 91.6 Å². The highest BCUT2D eigenvalue weighted by Gasteiger charge is 2.38. The van der Waals surface area contributed by atoms with Gasteiger partial charge in [0, 0.05) is 67.7 Å². The molecule has 0 aliphatic heterocycles. The Kier molecular flexibility index (Phi) is 11.6. The number of benzene rings is 9. The number of pyridine rings is 3. The predicted molar refractivity (Wildman–Crippen MR) is 328 cm³/mol. The van der Waals surface area contributed by atoms with Gasteiger partial charge in [0.2, 0.25) is 0 Å². The topological polar surface area (TPSA) is 38.7 Å². The molecule has 3 nitrogen and oxygen atoms in total. The Balaban J connectivity index is 0.000000111. The van der Waals surface area contributed by atoms with E-state index in [4.69, 9.17) is 15.0 Å². The standard InChI is InChI=1S/3C25H21N/c3*1-16-14-21-19-10-6-7-11-22(19)25(2,3)23(21)15-20(16)24-18-9-5-4-8-17(18)12-13-26-24/h3*4-15H,1-3H3. The molecule has 0 N–H and O–H groups in total. The van der Waals surface area contributed by atoms with Gasteiger partial charge in [-0.25, -0.2) is 0 Å². The van der Waals surface area contributed by atoms with E-state index in [0.717, 1.165) is 17.1 Å². The number of fused-ring (bicyclic) bond motifs is 12. The lowest BCUT2D eigenvalue weighted by molar-refractivity contribution is 0.660. The zero-order chi connectivity index (χ0) is 53.7. The van der Waals surface area contributed by atoms with Crippen LogP contribution in [0.3, 0.4) is 0 Å². The Labute approximate surface area is 459 Å². The molecule has 0 saturated heterocycles. The number of aryl methyl sites for hydroxylation is 3. The van der Waals surface area contributed by atoms with E-state index < -0.39 is 0 Å². The molecule has 0 atom stereocenters. The van der Waals surface area contributed by atoms with E-state index >= 15 is 0 Å². The first kappa shape index (κ1) is 48.8. The third kappa shape index (κ3) is 7.73. The van der Waals surface area contributed by atoms with Crippen molar-refractivity contribution in [1.29, 1.82) is 0 Å². The highest BCUT2D eigenvalue weighted by Crippen LogP contribution is 2.53. The zero-order valence-corrected chi connectivity index (χ0v) is 46.1. The van der Waals surface area contributed by atoms with E-state index in [1.54, 1.807) is 0 Å². The molecule has 0 bridgehead atoms. The second-order valence-electron chi connectivity index (χ2n) is 23.3. The van der Waals surface area contributed by atoms with Crippen molar-refractivity contribution in [1.82, 2.24) is 15.0 Å². The van der Waals surface area contributed by atoms with E-state index in [9.17, 15) is 0 Å². The molecule has 0 spiro atoms. The van der Waals surface area contributed by atoms with Crippen LogP contribution >= 0.6 is 0 Å². The lowest BCUT2D eigenvalue weighted by Gasteiger charge is -2.22. The maximum Gasteiger partial charge on any atom is 0.0783 e. The van der Waals surface area contributed by atoms with Crippen LogP contribution in [0.4, 0.5) is 0 Å². The summed E-state index contributed by atoms with van der Waals surface area (Å²) in [5.74, 6) is 0. The van der Waals surface area contributed by atoms with Crippen molar-refractivity contribution in [2.45, 2.75) is 78.6 Å². The highest BCUT2D eigenvalue weighted by atomic mass is 14.7. The molecular weight excluding hydrogens is 943 g/mol. The van der Waals surface area contributed by atoms with E-state index in [-0.39, 0.29) is 16.2 Å². The lowest BCUT2D eigenvalue weighted by atomic mass is 9.81. The lowest BCUT2D eigenvalue weighted by Crippen LogP contribution is -2.15. The summed E-state index contributed by atoms with van der Waals surface area (Å²) in [5.41, 5.74) is 27.5. The van der Waals surface area contributed by atoms with Crippen molar-refractivity contribution in [2.24, 2.45) is 0 Å². The van der Waals surface area contributed by atoms with E-state index in [0.29, 0.717) is 0 Å². The van der Waals surface area contributed by atoms with Gasteiger partial charge in [-0.15, -0.1) is 0 Å². The quantitative estimate of drug-likeness (QED) is 0.177. The maximum atomic E-state index is 4.76. The molecule has 0 saturated carbocycles. The second kappa shape index (κ2) is 18.5. The van der Waals surface area contributed by atoms with Crippen LogP contribution in [-0.2, 0) is 16.2 Å². The largest absolute Gasteiger partial charge is 0.256 e. The van der Waals surface area contributed by atoms with Crippen molar-refractivity contribution < 1.29 is 0 Å². The Morgan fingerprint density at radius 3 is 0.795 bits per heavy atom. The molecule has 0 radical (unpaired) electrons. The normalized spacial score (nSPS) is 14.3. The first-order valence-corrected chi connectivity index (χ1v) is 27.5. The summed E-state index contributed by atoms with van der Waals surface area (Å²) >= 11 is 0. The zero-order valence-electron chi connectivity index (χ0n) is 46.1. The summed E-state index contributed by atoms with van der Waals surface area (Å²) in [5, 5.41) is 7.35. The van der Waals surface area contributed by atoms with Gasteiger partial charge in [0.05, 0.1) is 17.1 Å².